The number of hydrogen-bond donors (Lipinski definition) is 1. The number of carbonyl (C=O) groups is 1. The van der Waals surface area contributed by atoms with Gasteiger partial charge in [0.25, 0.3) is 5.91 Å². The van der Waals surface area contributed by atoms with Crippen LogP contribution in [0.5, 0.6) is 5.75 Å². The van der Waals surface area contributed by atoms with Gasteiger partial charge in [-0.15, -0.1) is 0 Å². The summed E-state index contributed by atoms with van der Waals surface area (Å²) >= 11 is 0. The van der Waals surface area contributed by atoms with Gasteiger partial charge in [-0.3, -0.25) is 4.79 Å². The number of benzene rings is 2. The molecule has 1 heterocycles. The molecular weight excluding hydrogens is 388 g/mol. The molecule has 1 amide bonds. The van der Waals surface area contributed by atoms with Gasteiger partial charge in [-0.2, -0.15) is 0 Å². The lowest BCUT2D eigenvalue weighted by molar-refractivity contribution is 0.0618. The van der Waals surface area contributed by atoms with E-state index in [2.05, 4.69) is 10.8 Å². The molecule has 1 aliphatic heterocycles. The lowest BCUT2D eigenvalue weighted by Crippen LogP contribution is -2.49. The van der Waals surface area contributed by atoms with Crippen molar-refractivity contribution in [2.75, 3.05) is 19.3 Å². The molecule has 29 heavy (non-hydrogen) atoms. The van der Waals surface area contributed by atoms with Crippen LogP contribution < -0.4 is 9.46 Å². The predicted octanol–water partition coefficient (Wildman–Crippen LogP) is 3.12. The molecule has 1 N–H and O–H groups in total. The molecule has 6 nitrogen and oxygen atoms in total. The first-order chi connectivity index (χ1) is 13.8. The normalized spacial score (nSPS) is 17.2. The van der Waals surface area contributed by atoms with Gasteiger partial charge in [-0.05, 0) is 49.9 Å². The fourth-order valence-electron chi connectivity index (χ4n) is 3.58. The molecule has 7 heteroatoms. The molecule has 3 rings (SSSR count). The summed E-state index contributed by atoms with van der Waals surface area (Å²) in [7, 11) is -3.29. The van der Waals surface area contributed by atoms with Crippen molar-refractivity contribution in [1.82, 2.24) is 9.62 Å². The third-order valence-electron chi connectivity index (χ3n) is 5.04. The average molecular weight is 417 g/mol. The molecule has 2 aromatic carbocycles. The molecule has 0 aromatic heterocycles. The van der Waals surface area contributed by atoms with Gasteiger partial charge in [0.15, 0.2) is 0 Å². The Morgan fingerprint density at radius 1 is 1.17 bits per heavy atom. The number of amides is 1. The number of piperidine rings is 1. The minimum atomic E-state index is -3.29. The first kappa shape index (κ1) is 21.3. The molecular formula is C22H28N2O4S. The van der Waals surface area contributed by atoms with Gasteiger partial charge in [0.1, 0.15) is 12.4 Å². The van der Waals surface area contributed by atoms with Crippen molar-refractivity contribution < 1.29 is 17.9 Å². The molecule has 0 radical (unpaired) electrons. The molecule has 0 saturated carbocycles. The number of hydrogen-bond acceptors (Lipinski definition) is 4. The maximum atomic E-state index is 13.1. The molecule has 1 fully saturated rings. The van der Waals surface area contributed by atoms with E-state index in [4.69, 9.17) is 4.74 Å². The largest absolute Gasteiger partial charge is 0.489 e. The second-order valence-electron chi connectivity index (χ2n) is 7.57. The lowest BCUT2D eigenvalue weighted by atomic mass is 10.0. The van der Waals surface area contributed by atoms with Crippen LogP contribution >= 0.6 is 0 Å². The third kappa shape index (κ3) is 6.30. The Bertz CT molecular complexity index is 959. The van der Waals surface area contributed by atoms with Crippen LogP contribution in [-0.2, 0) is 16.6 Å². The van der Waals surface area contributed by atoms with E-state index < -0.39 is 10.0 Å². The molecule has 1 aliphatic rings. The molecule has 1 saturated heterocycles. The zero-order valence-electron chi connectivity index (χ0n) is 16.9. The van der Waals surface area contributed by atoms with E-state index in [9.17, 15) is 13.2 Å². The quantitative estimate of drug-likeness (QED) is 0.752. The lowest BCUT2D eigenvalue weighted by Gasteiger charge is -2.36. The van der Waals surface area contributed by atoms with Gasteiger partial charge in [-0.25, -0.2) is 13.1 Å². The van der Waals surface area contributed by atoms with Crippen LogP contribution in [0.1, 0.15) is 40.7 Å². The maximum Gasteiger partial charge on any atom is 0.254 e. The second kappa shape index (κ2) is 9.41. The number of nitrogens with one attached hydrogen (secondary N) is 1. The van der Waals surface area contributed by atoms with E-state index in [1.807, 2.05) is 37.3 Å². The average Bonchev–Trinajstić information content (AvgIpc) is 2.70. The molecule has 2 aromatic rings. The number of aryl methyl sites for hydroxylation is 1. The van der Waals surface area contributed by atoms with Gasteiger partial charge in [0.05, 0.1) is 6.26 Å². The number of likely N-dealkylation sites (tertiary alicyclic amines) is 1. The molecule has 156 valence electrons. The van der Waals surface area contributed by atoms with Crippen molar-refractivity contribution in [1.29, 1.82) is 0 Å². The zero-order chi connectivity index (χ0) is 20.9. The van der Waals surface area contributed by atoms with Gasteiger partial charge >= 0.3 is 0 Å². The van der Waals surface area contributed by atoms with E-state index in [1.165, 1.54) is 5.56 Å². The van der Waals surface area contributed by atoms with Crippen molar-refractivity contribution in [3.63, 3.8) is 0 Å². The fourth-order valence-corrected chi connectivity index (χ4v) is 4.08. The molecule has 0 spiro atoms. The van der Waals surface area contributed by atoms with Crippen molar-refractivity contribution in [2.24, 2.45) is 0 Å². The molecule has 0 bridgehead atoms. The van der Waals surface area contributed by atoms with E-state index in [1.54, 1.807) is 17.0 Å². The number of sulfonamides is 1. The monoisotopic (exact) mass is 416 g/mol. The summed E-state index contributed by atoms with van der Waals surface area (Å²) in [4.78, 5) is 14.9. The summed E-state index contributed by atoms with van der Waals surface area (Å²) in [5, 5.41) is 0. The number of carbonyl (C=O) groups excluding carboxylic acids is 1. The van der Waals surface area contributed by atoms with E-state index in [0.717, 1.165) is 31.1 Å². The minimum absolute atomic E-state index is 0.0917. The highest BCUT2D eigenvalue weighted by Crippen LogP contribution is 2.22. The minimum Gasteiger partial charge on any atom is -0.489 e. The SMILES string of the molecule is Cc1cccc(COc2cccc(C(=O)N3CCCCC3CNS(C)(=O)=O)c2)c1. The van der Waals surface area contributed by atoms with E-state index in [0.29, 0.717) is 24.5 Å². The van der Waals surface area contributed by atoms with Crippen molar-refractivity contribution in [3.8, 4) is 5.75 Å². The molecule has 1 unspecified atom stereocenters. The highest BCUT2D eigenvalue weighted by molar-refractivity contribution is 7.88. The first-order valence-electron chi connectivity index (χ1n) is 9.86. The Balaban J connectivity index is 1.68. The number of ether oxygens (including phenoxy) is 1. The van der Waals surface area contributed by atoms with Crippen LogP contribution in [-0.4, -0.2) is 44.6 Å². The van der Waals surface area contributed by atoms with Gasteiger partial charge in [-0.1, -0.05) is 35.9 Å². The number of nitrogens with zero attached hydrogens (tertiary/aromatic N) is 1. The van der Waals surface area contributed by atoms with Crippen LogP contribution in [0.15, 0.2) is 48.5 Å². The summed E-state index contributed by atoms with van der Waals surface area (Å²) in [6.07, 6.45) is 3.83. The van der Waals surface area contributed by atoms with Crippen molar-refractivity contribution in [2.45, 2.75) is 38.8 Å². The van der Waals surface area contributed by atoms with Gasteiger partial charge in [0.2, 0.25) is 10.0 Å². The molecule has 0 aliphatic carbocycles. The Morgan fingerprint density at radius 2 is 1.97 bits per heavy atom. The summed E-state index contributed by atoms with van der Waals surface area (Å²) in [5.41, 5.74) is 2.80. The standard InChI is InChI=1S/C22H28N2O4S/c1-17-7-5-8-18(13-17)16-28-21-11-6-9-19(14-21)22(25)24-12-4-3-10-20(24)15-23-29(2,26)27/h5-9,11,13-14,20,23H,3-4,10,12,15-16H2,1-2H3. The number of rotatable bonds is 7. The Kier molecular flexibility index (Phi) is 6.92. The zero-order valence-corrected chi connectivity index (χ0v) is 17.7. The van der Waals surface area contributed by atoms with Crippen LogP contribution in [0.25, 0.3) is 0 Å². The van der Waals surface area contributed by atoms with Gasteiger partial charge < -0.3 is 9.64 Å². The summed E-state index contributed by atoms with van der Waals surface area (Å²) < 4.78 is 31.3. The van der Waals surface area contributed by atoms with Crippen LogP contribution in [0.3, 0.4) is 0 Å². The fraction of sp³-hybridized carbons (Fsp3) is 0.409. The van der Waals surface area contributed by atoms with Gasteiger partial charge in [0, 0.05) is 24.7 Å². The van der Waals surface area contributed by atoms with Crippen LogP contribution in [0.4, 0.5) is 0 Å². The Labute approximate surface area is 172 Å². The van der Waals surface area contributed by atoms with Crippen molar-refractivity contribution in [3.05, 3.63) is 65.2 Å². The summed E-state index contributed by atoms with van der Waals surface area (Å²) in [6.45, 7) is 3.35. The predicted molar refractivity (Wildman–Crippen MR) is 113 cm³/mol. The highest BCUT2D eigenvalue weighted by atomic mass is 32.2. The highest BCUT2D eigenvalue weighted by Gasteiger charge is 2.28. The van der Waals surface area contributed by atoms with Crippen LogP contribution in [0, 0.1) is 6.92 Å². The first-order valence-corrected chi connectivity index (χ1v) is 11.7. The van der Waals surface area contributed by atoms with E-state index in [-0.39, 0.29) is 18.5 Å². The smallest absolute Gasteiger partial charge is 0.254 e. The molecule has 1 atom stereocenters. The summed E-state index contributed by atoms with van der Waals surface area (Å²) in [6, 6.07) is 15.2. The summed E-state index contributed by atoms with van der Waals surface area (Å²) in [5.74, 6) is 0.547. The topological polar surface area (TPSA) is 75.7 Å². The van der Waals surface area contributed by atoms with Crippen molar-refractivity contribution >= 4 is 15.9 Å². The maximum absolute atomic E-state index is 13.1. The Morgan fingerprint density at radius 3 is 2.72 bits per heavy atom. The second-order valence-corrected chi connectivity index (χ2v) is 9.41. The third-order valence-corrected chi connectivity index (χ3v) is 5.73. The Hall–Kier alpha value is -2.38. The van der Waals surface area contributed by atoms with E-state index >= 15 is 0 Å². The van der Waals surface area contributed by atoms with Crippen LogP contribution in [0.2, 0.25) is 0 Å².